The Bertz CT molecular complexity index is 1700. The molecule has 4 aromatic carbocycles. The van der Waals surface area contributed by atoms with E-state index in [1.165, 1.54) is 48.5 Å². The smallest absolute Gasteiger partial charge is 0.349 e. The Labute approximate surface area is 275 Å². The molecule has 1 amide bonds. The topological polar surface area (TPSA) is 172 Å². The molecule has 2 N–H and O–H groups in total. The molecule has 0 radical (unpaired) electrons. The molecular weight excluding hydrogens is 622 g/mol. The van der Waals surface area contributed by atoms with Gasteiger partial charge in [-0.2, -0.15) is 0 Å². The number of hydrogen-bond acceptors (Lipinski definition) is 10. The van der Waals surface area contributed by atoms with E-state index in [9.17, 15) is 33.9 Å². The van der Waals surface area contributed by atoms with E-state index in [4.69, 9.17) is 18.9 Å². The molecule has 48 heavy (non-hydrogen) atoms. The van der Waals surface area contributed by atoms with Crippen LogP contribution in [0.1, 0.15) is 38.3 Å². The van der Waals surface area contributed by atoms with Crippen LogP contribution in [0.15, 0.2) is 121 Å². The van der Waals surface area contributed by atoms with Gasteiger partial charge in [-0.1, -0.05) is 97.1 Å². The van der Waals surface area contributed by atoms with Crippen molar-refractivity contribution in [1.82, 2.24) is 5.32 Å². The molecule has 0 aliphatic heterocycles. The third kappa shape index (κ3) is 10.4. The molecule has 0 saturated heterocycles. The summed E-state index contributed by atoms with van der Waals surface area (Å²) in [5.41, 5.74) is 1.18. The molecule has 4 rings (SSSR count). The van der Waals surface area contributed by atoms with Gasteiger partial charge in [-0.25, -0.2) is 19.2 Å². The number of ether oxygens (including phenoxy) is 4. The Morgan fingerprint density at radius 2 is 0.979 bits per heavy atom. The number of nitrogens with one attached hydrogen (secondary N) is 1. The zero-order chi connectivity index (χ0) is 34.3. The van der Waals surface area contributed by atoms with Gasteiger partial charge in [-0.3, -0.25) is 9.59 Å². The van der Waals surface area contributed by atoms with E-state index >= 15 is 0 Å². The molecule has 0 aliphatic carbocycles. The van der Waals surface area contributed by atoms with Crippen molar-refractivity contribution >= 4 is 35.8 Å². The molecule has 246 valence electrons. The van der Waals surface area contributed by atoms with Gasteiger partial charge < -0.3 is 29.4 Å². The fourth-order valence-electron chi connectivity index (χ4n) is 4.25. The van der Waals surface area contributed by atoms with Gasteiger partial charge in [0.15, 0.2) is 0 Å². The van der Waals surface area contributed by atoms with Crippen LogP contribution in [0.2, 0.25) is 0 Å². The van der Waals surface area contributed by atoms with Crippen LogP contribution in [0, 0.1) is 0 Å². The predicted octanol–water partition coefficient (Wildman–Crippen LogP) is 3.88. The van der Waals surface area contributed by atoms with Gasteiger partial charge in [-0.15, -0.1) is 0 Å². The van der Waals surface area contributed by atoms with Crippen molar-refractivity contribution in [3.8, 4) is 0 Å². The van der Waals surface area contributed by atoms with Gasteiger partial charge in [0.2, 0.25) is 12.2 Å². The van der Waals surface area contributed by atoms with Gasteiger partial charge >= 0.3 is 29.8 Å². The van der Waals surface area contributed by atoms with Gasteiger partial charge in [0.25, 0.3) is 5.91 Å². The fraction of sp³-hybridized carbons (Fsp3) is 0.167. The summed E-state index contributed by atoms with van der Waals surface area (Å²) in [6.07, 6.45) is -5.41. The zero-order valence-corrected chi connectivity index (χ0v) is 25.4. The number of carboxylic acid groups (broad SMARTS) is 1. The molecular formula is C36H31NO11. The molecule has 0 fully saturated rings. The van der Waals surface area contributed by atoms with E-state index in [1.807, 2.05) is 0 Å². The van der Waals surface area contributed by atoms with E-state index in [-0.39, 0.29) is 24.3 Å². The second-order valence-electron chi connectivity index (χ2n) is 10.2. The highest BCUT2D eigenvalue weighted by atomic mass is 16.6. The zero-order valence-electron chi connectivity index (χ0n) is 25.4. The van der Waals surface area contributed by atoms with Crippen LogP contribution >= 0.6 is 0 Å². The Kier molecular flexibility index (Phi) is 12.5. The summed E-state index contributed by atoms with van der Waals surface area (Å²) >= 11 is 0. The van der Waals surface area contributed by atoms with Gasteiger partial charge in [-0.05, 0) is 35.4 Å². The fourth-order valence-corrected chi connectivity index (χ4v) is 4.25. The number of benzene rings is 4. The summed E-state index contributed by atoms with van der Waals surface area (Å²) in [5, 5.41) is 12.3. The number of esters is 4. The van der Waals surface area contributed by atoms with Crippen LogP contribution in [0.3, 0.4) is 0 Å². The van der Waals surface area contributed by atoms with E-state index in [1.54, 1.807) is 72.8 Å². The largest absolute Gasteiger partial charge is 0.478 e. The Morgan fingerprint density at radius 3 is 1.44 bits per heavy atom. The third-order valence-corrected chi connectivity index (χ3v) is 6.70. The quantitative estimate of drug-likeness (QED) is 0.141. The number of amides is 1. The van der Waals surface area contributed by atoms with Crippen LogP contribution in [0.4, 0.5) is 0 Å². The molecule has 12 heteroatoms. The number of carboxylic acids is 1. The molecule has 3 atom stereocenters. The lowest BCUT2D eigenvalue weighted by molar-refractivity contribution is -0.161. The van der Waals surface area contributed by atoms with Gasteiger partial charge in [0, 0.05) is 0 Å². The minimum atomic E-state index is -2.36. The van der Waals surface area contributed by atoms with Crippen molar-refractivity contribution in [3.05, 3.63) is 144 Å². The maximum absolute atomic E-state index is 13.7. The number of carbonyl (C=O) groups excluding carboxylic acids is 5. The van der Waals surface area contributed by atoms with Crippen LogP contribution in [-0.4, -0.2) is 59.1 Å². The first-order valence-corrected chi connectivity index (χ1v) is 14.7. The molecule has 0 heterocycles. The molecule has 12 nitrogen and oxygen atoms in total. The monoisotopic (exact) mass is 653 g/mol. The average Bonchev–Trinajstić information content (AvgIpc) is 3.12. The minimum Gasteiger partial charge on any atom is -0.478 e. The third-order valence-electron chi connectivity index (χ3n) is 6.70. The van der Waals surface area contributed by atoms with Crippen molar-refractivity contribution in [2.45, 2.75) is 37.9 Å². The number of aliphatic carboxylic acids is 1. The van der Waals surface area contributed by atoms with Crippen molar-refractivity contribution in [2.75, 3.05) is 0 Å². The first-order chi connectivity index (χ1) is 23.2. The van der Waals surface area contributed by atoms with E-state index < -0.39 is 60.4 Å². The molecule has 4 aromatic rings. The van der Waals surface area contributed by atoms with Gasteiger partial charge in [0.05, 0.1) is 17.5 Å². The highest BCUT2D eigenvalue weighted by Gasteiger charge is 2.42. The first-order valence-electron chi connectivity index (χ1n) is 14.7. The van der Waals surface area contributed by atoms with Gasteiger partial charge in [0.1, 0.15) is 19.3 Å². The lowest BCUT2D eigenvalue weighted by Crippen LogP contribution is -2.54. The number of carbonyl (C=O) groups is 6. The lowest BCUT2D eigenvalue weighted by atomic mass is 10.1. The highest BCUT2D eigenvalue weighted by Crippen LogP contribution is 2.15. The van der Waals surface area contributed by atoms with E-state index in [0.717, 1.165) is 0 Å². The average molecular weight is 654 g/mol. The summed E-state index contributed by atoms with van der Waals surface area (Å²) in [5.74, 6) is -7.40. The molecule has 0 spiro atoms. The summed E-state index contributed by atoms with van der Waals surface area (Å²) < 4.78 is 21.1. The van der Waals surface area contributed by atoms with Crippen molar-refractivity contribution in [3.63, 3.8) is 0 Å². The van der Waals surface area contributed by atoms with E-state index in [0.29, 0.717) is 11.1 Å². The summed E-state index contributed by atoms with van der Waals surface area (Å²) in [4.78, 5) is 78.0. The summed E-state index contributed by atoms with van der Waals surface area (Å²) in [7, 11) is 0. The first kappa shape index (κ1) is 34.6. The maximum Gasteiger partial charge on any atom is 0.349 e. The van der Waals surface area contributed by atoms with Crippen molar-refractivity contribution in [2.24, 2.45) is 0 Å². The van der Waals surface area contributed by atoms with Crippen LogP contribution in [-0.2, 0) is 51.3 Å². The standard InChI is InChI=1S/C36H31NO11/c38-29(45-22-24-13-5-1-6-14-24)21-28(36(44)46-23-25-15-7-2-8-16-25)37-32(39)30(47-34(42)26-17-9-3-10-18-26)31(33(40)41)48-35(43)27-19-11-4-12-20-27/h1-20,28,30-31H,21-23H2,(H,37,39)(H,40,41)/t28-,30+,31+/m1/s1. The SMILES string of the molecule is O=C(C[C@@H](NC(=O)[C@@H](OC(=O)c1ccccc1)[C@H](OC(=O)c1ccccc1)C(=O)O)C(=O)OCc1ccccc1)OCc1ccccc1. The van der Waals surface area contributed by atoms with E-state index in [2.05, 4.69) is 5.32 Å². The normalized spacial score (nSPS) is 12.3. The van der Waals surface area contributed by atoms with Crippen LogP contribution < -0.4 is 5.32 Å². The van der Waals surface area contributed by atoms with Crippen LogP contribution in [0.25, 0.3) is 0 Å². The molecule has 0 unspecified atom stereocenters. The number of rotatable bonds is 15. The summed E-state index contributed by atoms with van der Waals surface area (Å²) in [6.45, 7) is -0.350. The second-order valence-corrected chi connectivity index (χ2v) is 10.2. The van der Waals surface area contributed by atoms with Crippen LogP contribution in [0.5, 0.6) is 0 Å². The Hall–Kier alpha value is -6.30. The Morgan fingerprint density at radius 1 is 0.562 bits per heavy atom. The number of hydrogen-bond donors (Lipinski definition) is 2. The van der Waals surface area contributed by atoms with Crippen molar-refractivity contribution in [1.29, 1.82) is 0 Å². The summed E-state index contributed by atoms with van der Waals surface area (Å²) in [6, 6.07) is 30.2. The maximum atomic E-state index is 13.7. The van der Waals surface area contributed by atoms with Crippen molar-refractivity contribution < 1.29 is 52.8 Å². The Balaban J connectivity index is 1.58. The predicted molar refractivity (Wildman–Crippen MR) is 168 cm³/mol. The molecule has 0 saturated carbocycles. The molecule has 0 bridgehead atoms. The molecule has 0 aliphatic rings. The highest BCUT2D eigenvalue weighted by molar-refractivity contribution is 5.98. The second kappa shape index (κ2) is 17.4. The molecule has 0 aromatic heterocycles. The minimum absolute atomic E-state index is 0.0409. The lowest BCUT2D eigenvalue weighted by Gasteiger charge is -2.25.